The Morgan fingerprint density at radius 2 is 2.23 bits per heavy atom. The molecule has 0 radical (unpaired) electrons. The number of halogens is 1. The fourth-order valence-electron chi connectivity index (χ4n) is 4.97. The van der Waals surface area contributed by atoms with E-state index in [1.165, 1.54) is 0 Å². The second-order valence-corrected chi connectivity index (χ2v) is 9.91. The lowest BCUT2D eigenvalue weighted by atomic mass is 9.70. The van der Waals surface area contributed by atoms with Gasteiger partial charge in [-0.25, -0.2) is 19.4 Å². The lowest BCUT2D eigenvalue weighted by molar-refractivity contribution is -0.0368. The molecule has 2 aliphatic rings. The number of amides is 1. The van der Waals surface area contributed by atoms with Gasteiger partial charge in [-0.1, -0.05) is 30.7 Å². The molecular formula is C24H30ClN7O3. The number of carboxylic acid groups (broad SMARTS) is 1. The van der Waals surface area contributed by atoms with Gasteiger partial charge < -0.3 is 25.8 Å². The maximum Gasteiger partial charge on any atom is 0.404 e. The summed E-state index contributed by atoms with van der Waals surface area (Å²) in [5.41, 5.74) is 2.53. The normalized spacial score (nSPS) is 24.9. The van der Waals surface area contributed by atoms with Crippen LogP contribution in [0, 0.1) is 5.41 Å². The first kappa shape index (κ1) is 23.8. The Morgan fingerprint density at radius 1 is 1.37 bits per heavy atom. The van der Waals surface area contributed by atoms with E-state index in [1.807, 2.05) is 28.9 Å². The number of benzene rings is 1. The second kappa shape index (κ2) is 9.96. The van der Waals surface area contributed by atoms with E-state index in [2.05, 4.69) is 22.9 Å². The Morgan fingerprint density at radius 3 is 3.00 bits per heavy atom. The minimum absolute atomic E-state index is 0.0180. The molecular weight excluding hydrogens is 470 g/mol. The quantitative estimate of drug-likeness (QED) is 0.396. The largest absolute Gasteiger partial charge is 0.465 e. The number of ether oxygens (including phenoxy) is 1. The molecule has 0 aliphatic carbocycles. The topological polar surface area (TPSA) is 126 Å². The van der Waals surface area contributed by atoms with Crippen molar-refractivity contribution in [2.75, 3.05) is 31.6 Å². The minimum Gasteiger partial charge on any atom is -0.465 e. The molecule has 3 aromatic rings. The van der Waals surface area contributed by atoms with Gasteiger partial charge in [0.25, 0.3) is 0 Å². The van der Waals surface area contributed by atoms with Gasteiger partial charge in [-0.3, -0.25) is 0 Å². The number of aromatic nitrogens is 4. The first-order chi connectivity index (χ1) is 16.9. The zero-order chi connectivity index (χ0) is 24.4. The van der Waals surface area contributed by atoms with E-state index in [9.17, 15) is 9.90 Å². The van der Waals surface area contributed by atoms with Gasteiger partial charge in [0, 0.05) is 31.8 Å². The van der Waals surface area contributed by atoms with Crippen LogP contribution in [0.2, 0.25) is 5.02 Å². The molecule has 4 N–H and O–H groups in total. The molecule has 0 saturated carbocycles. The summed E-state index contributed by atoms with van der Waals surface area (Å²) in [5, 5.41) is 23.9. The van der Waals surface area contributed by atoms with E-state index in [-0.39, 0.29) is 17.6 Å². The third-order valence-electron chi connectivity index (χ3n) is 7.04. The van der Waals surface area contributed by atoms with Crippen molar-refractivity contribution in [3.05, 3.63) is 41.2 Å². The molecule has 35 heavy (non-hydrogen) atoms. The van der Waals surface area contributed by atoms with Crippen LogP contribution in [0.4, 0.5) is 16.3 Å². The first-order valence-electron chi connectivity index (χ1n) is 12.0. The number of para-hydroxylation sites is 1. The molecule has 2 fully saturated rings. The van der Waals surface area contributed by atoms with E-state index in [4.69, 9.17) is 31.4 Å². The van der Waals surface area contributed by atoms with Crippen molar-refractivity contribution in [3.63, 3.8) is 0 Å². The molecule has 3 atom stereocenters. The molecule has 0 bridgehead atoms. The summed E-state index contributed by atoms with van der Waals surface area (Å²) < 4.78 is 7.87. The number of piperidine rings is 1. The number of hydrogen-bond acceptors (Lipinski definition) is 7. The predicted octanol–water partition coefficient (Wildman–Crippen LogP) is 4.27. The van der Waals surface area contributed by atoms with Crippen LogP contribution in [0.5, 0.6) is 0 Å². The molecule has 11 heteroatoms. The zero-order valence-electron chi connectivity index (χ0n) is 19.6. The Bertz CT molecular complexity index is 1210. The third kappa shape index (κ3) is 4.91. The SMILES string of the molecule is CC1(CNC(=O)O)CCNCC1c1cnc2c(Nc3ccccc3Cl)nn(C3CCCCO3)c2n1. The van der Waals surface area contributed by atoms with Crippen molar-refractivity contribution >= 4 is 40.4 Å². The maximum absolute atomic E-state index is 11.2. The van der Waals surface area contributed by atoms with Crippen LogP contribution in [0.25, 0.3) is 11.2 Å². The monoisotopic (exact) mass is 499 g/mol. The average molecular weight is 500 g/mol. The maximum atomic E-state index is 11.2. The summed E-state index contributed by atoms with van der Waals surface area (Å²) >= 11 is 6.38. The van der Waals surface area contributed by atoms with Crippen LogP contribution in [0.1, 0.15) is 50.4 Å². The lowest BCUT2D eigenvalue weighted by Gasteiger charge is -2.41. The van der Waals surface area contributed by atoms with Gasteiger partial charge in [-0.05, 0) is 49.8 Å². The Balaban J connectivity index is 1.55. The van der Waals surface area contributed by atoms with Gasteiger partial charge in [-0.2, -0.15) is 0 Å². The fraction of sp³-hybridized carbons (Fsp3) is 0.500. The number of nitrogens with one attached hydrogen (secondary N) is 3. The fourth-order valence-corrected chi connectivity index (χ4v) is 5.16. The molecule has 5 rings (SSSR count). The van der Waals surface area contributed by atoms with Crippen LogP contribution in [0.3, 0.4) is 0 Å². The van der Waals surface area contributed by atoms with Gasteiger partial charge >= 0.3 is 6.09 Å². The summed E-state index contributed by atoms with van der Waals surface area (Å²) in [7, 11) is 0. The average Bonchev–Trinajstić information content (AvgIpc) is 3.22. The van der Waals surface area contributed by atoms with E-state index < -0.39 is 6.09 Å². The Kier molecular flexibility index (Phi) is 6.77. The Hall–Kier alpha value is -2.95. The van der Waals surface area contributed by atoms with Crippen LogP contribution >= 0.6 is 11.6 Å². The van der Waals surface area contributed by atoms with Crippen molar-refractivity contribution in [2.45, 2.75) is 44.8 Å². The molecule has 0 spiro atoms. The molecule has 186 valence electrons. The molecule has 10 nitrogen and oxygen atoms in total. The summed E-state index contributed by atoms with van der Waals surface area (Å²) in [4.78, 5) is 21.0. The number of fused-ring (bicyclic) bond motifs is 1. The van der Waals surface area contributed by atoms with Crippen LogP contribution in [-0.2, 0) is 4.74 Å². The number of nitrogens with zero attached hydrogens (tertiary/aromatic N) is 4. The van der Waals surface area contributed by atoms with Crippen molar-refractivity contribution in [2.24, 2.45) is 5.41 Å². The number of anilines is 2. The van der Waals surface area contributed by atoms with E-state index in [1.54, 1.807) is 6.20 Å². The van der Waals surface area contributed by atoms with Gasteiger partial charge in [0.2, 0.25) is 0 Å². The standard InChI is InChI=1S/C24H30ClN7O3/c1-24(14-28-23(33)34)9-10-26-12-15(24)18-13-27-20-21(29-17-7-3-2-6-16(17)25)31-32(22(20)30-18)19-8-4-5-11-35-19/h2-3,6-7,13,15,19,26,28H,4-5,8-12,14H2,1H3,(H,29,31)(H,33,34). The van der Waals surface area contributed by atoms with Crippen molar-refractivity contribution < 1.29 is 14.6 Å². The van der Waals surface area contributed by atoms with Crippen molar-refractivity contribution in [1.82, 2.24) is 30.4 Å². The smallest absolute Gasteiger partial charge is 0.404 e. The highest BCUT2D eigenvalue weighted by Gasteiger charge is 2.39. The summed E-state index contributed by atoms with van der Waals surface area (Å²) in [5.74, 6) is 0.550. The zero-order valence-corrected chi connectivity index (χ0v) is 20.4. The minimum atomic E-state index is -1.02. The first-order valence-corrected chi connectivity index (χ1v) is 12.4. The lowest BCUT2D eigenvalue weighted by Crippen LogP contribution is -2.48. The van der Waals surface area contributed by atoms with Crippen molar-refractivity contribution in [3.8, 4) is 0 Å². The molecule has 2 aromatic heterocycles. The van der Waals surface area contributed by atoms with Gasteiger partial charge in [-0.15, -0.1) is 5.10 Å². The summed E-state index contributed by atoms with van der Waals surface area (Å²) in [6, 6.07) is 7.49. The number of carbonyl (C=O) groups is 1. The molecule has 2 aliphatic heterocycles. The van der Waals surface area contributed by atoms with E-state index in [0.717, 1.165) is 43.6 Å². The second-order valence-electron chi connectivity index (χ2n) is 9.51. The van der Waals surface area contributed by atoms with E-state index in [0.29, 0.717) is 41.7 Å². The molecule has 3 unspecified atom stereocenters. The molecule has 4 heterocycles. The van der Waals surface area contributed by atoms with Crippen LogP contribution < -0.4 is 16.0 Å². The third-order valence-corrected chi connectivity index (χ3v) is 7.37. The number of rotatable bonds is 6. The summed E-state index contributed by atoms with van der Waals surface area (Å²) in [6.07, 6.45) is 4.29. The van der Waals surface area contributed by atoms with Crippen LogP contribution in [0.15, 0.2) is 30.5 Å². The van der Waals surface area contributed by atoms with Crippen LogP contribution in [-0.4, -0.2) is 57.2 Å². The van der Waals surface area contributed by atoms with Gasteiger partial charge in [0.15, 0.2) is 23.2 Å². The molecule has 1 aromatic carbocycles. The molecule has 2 saturated heterocycles. The van der Waals surface area contributed by atoms with Crippen molar-refractivity contribution in [1.29, 1.82) is 0 Å². The number of hydrogen-bond donors (Lipinski definition) is 4. The highest BCUT2D eigenvalue weighted by molar-refractivity contribution is 6.33. The predicted molar refractivity (Wildman–Crippen MR) is 133 cm³/mol. The highest BCUT2D eigenvalue weighted by atomic mass is 35.5. The van der Waals surface area contributed by atoms with Gasteiger partial charge in [0.05, 0.1) is 16.4 Å². The summed E-state index contributed by atoms with van der Waals surface area (Å²) in [6.45, 7) is 4.64. The Labute approximate surface area is 208 Å². The van der Waals surface area contributed by atoms with Gasteiger partial charge in [0.1, 0.15) is 0 Å². The van der Waals surface area contributed by atoms with E-state index >= 15 is 0 Å². The molecule has 1 amide bonds. The highest BCUT2D eigenvalue weighted by Crippen LogP contribution is 2.40.